The Balaban J connectivity index is 2.72. The van der Waals surface area contributed by atoms with E-state index in [0.717, 1.165) is 12.2 Å². The molecule has 1 aliphatic heterocycles. The molecule has 0 aromatic carbocycles. The second-order valence-corrected chi connectivity index (χ2v) is 6.46. The van der Waals surface area contributed by atoms with Crippen LogP contribution in [0.3, 0.4) is 0 Å². The maximum Gasteiger partial charge on any atom is 0.329 e. The number of nitrogens with zero attached hydrogens (tertiary/aromatic N) is 2. The fourth-order valence-corrected chi connectivity index (χ4v) is 2.91. The zero-order valence-electron chi connectivity index (χ0n) is 11.5. The van der Waals surface area contributed by atoms with Crippen LogP contribution >= 0.6 is 11.8 Å². The maximum absolute atomic E-state index is 12.3. The van der Waals surface area contributed by atoms with Gasteiger partial charge in [-0.2, -0.15) is 11.8 Å². The normalized spacial score (nSPS) is 20.7. The number of amides is 2. The summed E-state index contributed by atoms with van der Waals surface area (Å²) in [5, 5.41) is 9.60. The molecule has 0 bridgehead atoms. The number of urea groups is 1. The number of carboxylic acids is 1. The van der Waals surface area contributed by atoms with Gasteiger partial charge in [0, 0.05) is 31.1 Å². The van der Waals surface area contributed by atoms with Gasteiger partial charge in [0.2, 0.25) is 0 Å². The van der Waals surface area contributed by atoms with Crippen LogP contribution in [0.25, 0.3) is 0 Å². The molecule has 0 aromatic heterocycles. The average molecular weight is 274 g/mol. The van der Waals surface area contributed by atoms with Crippen LogP contribution in [0, 0.1) is 0 Å². The molecule has 0 aliphatic carbocycles. The van der Waals surface area contributed by atoms with Crippen LogP contribution in [0.5, 0.6) is 0 Å². The Labute approximate surface area is 113 Å². The first-order chi connectivity index (χ1) is 8.30. The highest BCUT2D eigenvalue weighted by molar-refractivity contribution is 8.00. The van der Waals surface area contributed by atoms with E-state index >= 15 is 0 Å². The van der Waals surface area contributed by atoms with E-state index in [-0.39, 0.29) is 6.03 Å². The molecule has 6 heteroatoms. The molecule has 1 atom stereocenters. The molecule has 0 saturated carbocycles. The zero-order chi connectivity index (χ0) is 13.9. The van der Waals surface area contributed by atoms with E-state index in [9.17, 15) is 9.59 Å². The van der Waals surface area contributed by atoms with E-state index in [4.69, 9.17) is 5.11 Å². The Kier molecular flexibility index (Phi) is 4.90. The minimum atomic E-state index is -1.18. The fourth-order valence-electron chi connectivity index (χ4n) is 1.73. The molecule has 1 N–H and O–H groups in total. The quantitative estimate of drug-likeness (QED) is 0.851. The molecule has 1 heterocycles. The molecule has 5 nitrogen and oxygen atoms in total. The molecule has 2 amide bonds. The molecule has 0 aromatic rings. The van der Waals surface area contributed by atoms with Crippen molar-refractivity contribution in [1.82, 2.24) is 9.80 Å². The van der Waals surface area contributed by atoms with Crippen molar-refractivity contribution in [2.24, 2.45) is 0 Å². The molecular formula is C12H22N2O3S. The van der Waals surface area contributed by atoms with Crippen LogP contribution in [0.1, 0.15) is 27.2 Å². The van der Waals surface area contributed by atoms with Crippen molar-refractivity contribution in [2.75, 3.05) is 25.9 Å². The van der Waals surface area contributed by atoms with Gasteiger partial charge in [-0.25, -0.2) is 9.59 Å². The lowest BCUT2D eigenvalue weighted by Crippen LogP contribution is -2.57. The van der Waals surface area contributed by atoms with Crippen LogP contribution < -0.4 is 0 Å². The molecule has 1 rings (SSSR count). The third kappa shape index (κ3) is 3.10. The van der Waals surface area contributed by atoms with E-state index < -0.39 is 11.5 Å². The smallest absolute Gasteiger partial charge is 0.329 e. The van der Waals surface area contributed by atoms with Crippen molar-refractivity contribution >= 4 is 23.8 Å². The molecule has 1 fully saturated rings. The lowest BCUT2D eigenvalue weighted by atomic mass is 10.0. The van der Waals surface area contributed by atoms with Gasteiger partial charge in [-0.15, -0.1) is 0 Å². The number of hydrogen-bond donors (Lipinski definition) is 1. The van der Waals surface area contributed by atoms with E-state index in [1.807, 2.05) is 11.8 Å². The molecule has 1 unspecified atom stereocenters. The zero-order valence-corrected chi connectivity index (χ0v) is 12.3. The number of aliphatic carboxylic acids is 1. The standard InChI is InChI=1S/C12H22N2O3S/c1-5-9-8-14(6-7-18-9)11(17)13(4)12(2,3)10(15)16/h9H,5-8H2,1-4H3,(H,15,16). The summed E-state index contributed by atoms with van der Waals surface area (Å²) >= 11 is 1.88. The predicted molar refractivity (Wildman–Crippen MR) is 73.0 cm³/mol. The number of carboxylic acid groups (broad SMARTS) is 1. The summed E-state index contributed by atoms with van der Waals surface area (Å²) in [5.74, 6) is -0.0669. The van der Waals surface area contributed by atoms with Crippen molar-refractivity contribution in [2.45, 2.75) is 38.0 Å². The third-order valence-electron chi connectivity index (χ3n) is 3.51. The van der Waals surface area contributed by atoms with Crippen molar-refractivity contribution in [3.63, 3.8) is 0 Å². The van der Waals surface area contributed by atoms with Crippen LogP contribution in [-0.4, -0.2) is 63.6 Å². The highest BCUT2D eigenvalue weighted by atomic mass is 32.2. The largest absolute Gasteiger partial charge is 0.480 e. The van der Waals surface area contributed by atoms with Gasteiger partial charge >= 0.3 is 12.0 Å². The molecule has 1 aliphatic rings. The van der Waals surface area contributed by atoms with E-state index in [1.165, 1.54) is 4.90 Å². The lowest BCUT2D eigenvalue weighted by molar-refractivity contribution is -0.147. The lowest BCUT2D eigenvalue weighted by Gasteiger charge is -2.39. The minimum Gasteiger partial charge on any atom is -0.480 e. The summed E-state index contributed by atoms with van der Waals surface area (Å²) < 4.78 is 0. The number of carbonyl (C=O) groups excluding carboxylic acids is 1. The Morgan fingerprint density at radius 2 is 2.11 bits per heavy atom. The summed E-state index contributed by atoms with van der Waals surface area (Å²) in [6.45, 7) is 6.60. The SMILES string of the molecule is CCC1CN(C(=O)N(C)C(C)(C)C(=O)O)CCS1. The minimum absolute atomic E-state index is 0.193. The topological polar surface area (TPSA) is 60.9 Å². The molecule has 0 spiro atoms. The Bertz CT molecular complexity index is 333. The number of carbonyl (C=O) groups is 2. The van der Waals surface area contributed by atoms with Gasteiger partial charge in [0.25, 0.3) is 0 Å². The van der Waals surface area contributed by atoms with Gasteiger partial charge < -0.3 is 14.9 Å². The highest BCUT2D eigenvalue weighted by Crippen LogP contribution is 2.23. The van der Waals surface area contributed by atoms with Crippen molar-refractivity contribution in [3.8, 4) is 0 Å². The molecule has 1 saturated heterocycles. The number of likely N-dealkylation sites (N-methyl/N-ethyl adjacent to an activating group) is 1. The first-order valence-electron chi connectivity index (χ1n) is 6.18. The highest BCUT2D eigenvalue weighted by Gasteiger charge is 2.38. The number of thioether (sulfide) groups is 1. The van der Waals surface area contributed by atoms with Crippen molar-refractivity contribution < 1.29 is 14.7 Å². The summed E-state index contributed by atoms with van der Waals surface area (Å²) in [7, 11) is 1.55. The third-order valence-corrected chi connectivity index (χ3v) is 4.89. The number of hydrogen-bond acceptors (Lipinski definition) is 3. The summed E-state index contributed by atoms with van der Waals surface area (Å²) in [6, 6.07) is -0.193. The Morgan fingerprint density at radius 1 is 1.50 bits per heavy atom. The first-order valence-corrected chi connectivity index (χ1v) is 7.23. The van der Waals surface area contributed by atoms with Gasteiger partial charge in [0.05, 0.1) is 0 Å². The van der Waals surface area contributed by atoms with Crippen LogP contribution in [0.4, 0.5) is 4.79 Å². The van der Waals surface area contributed by atoms with Gasteiger partial charge in [0.1, 0.15) is 5.54 Å². The second-order valence-electron chi connectivity index (χ2n) is 5.05. The van der Waals surface area contributed by atoms with Gasteiger partial charge in [-0.3, -0.25) is 0 Å². The maximum atomic E-state index is 12.3. The monoisotopic (exact) mass is 274 g/mol. The fraction of sp³-hybridized carbons (Fsp3) is 0.833. The first kappa shape index (κ1) is 15.1. The van der Waals surface area contributed by atoms with Gasteiger partial charge in [-0.1, -0.05) is 6.92 Å². The van der Waals surface area contributed by atoms with Crippen LogP contribution in [0.15, 0.2) is 0 Å². The summed E-state index contributed by atoms with van der Waals surface area (Å²) in [5.41, 5.74) is -1.18. The average Bonchev–Trinajstić information content (AvgIpc) is 2.36. The number of rotatable bonds is 3. The van der Waals surface area contributed by atoms with Crippen LogP contribution in [0.2, 0.25) is 0 Å². The molecule has 18 heavy (non-hydrogen) atoms. The van der Waals surface area contributed by atoms with E-state index in [1.54, 1.807) is 25.8 Å². The van der Waals surface area contributed by atoms with E-state index in [2.05, 4.69) is 6.92 Å². The van der Waals surface area contributed by atoms with Crippen molar-refractivity contribution in [1.29, 1.82) is 0 Å². The Hall–Kier alpha value is -0.910. The second kappa shape index (κ2) is 5.82. The van der Waals surface area contributed by atoms with Gasteiger partial charge in [0.15, 0.2) is 0 Å². The van der Waals surface area contributed by atoms with Crippen molar-refractivity contribution in [3.05, 3.63) is 0 Å². The summed E-state index contributed by atoms with van der Waals surface area (Å²) in [4.78, 5) is 26.5. The Morgan fingerprint density at radius 3 is 2.61 bits per heavy atom. The predicted octanol–water partition coefficient (Wildman–Crippen LogP) is 1.73. The molecule has 0 radical (unpaired) electrons. The van der Waals surface area contributed by atoms with Gasteiger partial charge in [-0.05, 0) is 20.3 Å². The molecule has 104 valence electrons. The van der Waals surface area contributed by atoms with E-state index in [0.29, 0.717) is 18.3 Å². The summed E-state index contributed by atoms with van der Waals surface area (Å²) in [6.07, 6.45) is 1.03. The van der Waals surface area contributed by atoms with Crippen LogP contribution in [-0.2, 0) is 4.79 Å². The molecular weight excluding hydrogens is 252 g/mol.